The average Bonchev–Trinajstić information content (AvgIpc) is 3.08. The zero-order chi connectivity index (χ0) is 24.6. The second-order valence-corrected chi connectivity index (χ2v) is 8.73. The van der Waals surface area contributed by atoms with Crippen molar-refractivity contribution < 1.29 is 27.6 Å². The highest BCUT2D eigenvalue weighted by Crippen LogP contribution is 2.38. The molecule has 34 heavy (non-hydrogen) atoms. The first-order valence-electron chi connectivity index (χ1n) is 10.1. The first-order chi connectivity index (χ1) is 16.1. The molecule has 11 heteroatoms. The van der Waals surface area contributed by atoms with Gasteiger partial charge in [0, 0.05) is 33.9 Å². The van der Waals surface area contributed by atoms with E-state index >= 15 is 0 Å². The highest BCUT2D eigenvalue weighted by atomic mass is 32.1. The van der Waals surface area contributed by atoms with Crippen molar-refractivity contribution in [2.24, 2.45) is 0 Å². The van der Waals surface area contributed by atoms with Gasteiger partial charge in [-0.05, 0) is 49.4 Å². The Labute approximate surface area is 196 Å². The highest BCUT2D eigenvalue weighted by molar-refractivity contribution is 7.21. The number of alkyl halides is 3. The summed E-state index contributed by atoms with van der Waals surface area (Å²) in [6.45, 7) is 5.63. The van der Waals surface area contributed by atoms with E-state index in [2.05, 4.69) is 27.8 Å². The Hall–Kier alpha value is -3.86. The smallest absolute Gasteiger partial charge is 0.381 e. The number of nitrogens with one attached hydrogen (secondary N) is 4. The molecule has 4 N–H and O–H groups in total. The Morgan fingerprint density at radius 2 is 1.94 bits per heavy atom. The molecule has 3 aromatic rings. The summed E-state index contributed by atoms with van der Waals surface area (Å²) >= 11 is 1.30. The van der Waals surface area contributed by atoms with Crippen LogP contribution in [0, 0.1) is 0 Å². The molecule has 0 bridgehead atoms. The SMILES string of the molecule is C=CC(=O)Nc1cc(NC(=O)c2ccc3sc4c(c3c2)NCC(C)NC4=O)ccc1C(F)(F)F. The van der Waals surface area contributed by atoms with E-state index in [1.165, 1.54) is 11.3 Å². The van der Waals surface area contributed by atoms with E-state index in [4.69, 9.17) is 0 Å². The number of halogens is 3. The number of amides is 3. The fourth-order valence-corrected chi connectivity index (χ4v) is 4.59. The van der Waals surface area contributed by atoms with Crippen LogP contribution < -0.4 is 21.3 Å². The number of rotatable bonds is 4. The van der Waals surface area contributed by atoms with E-state index in [0.717, 1.165) is 29.0 Å². The van der Waals surface area contributed by atoms with E-state index in [-0.39, 0.29) is 23.2 Å². The Balaban J connectivity index is 1.64. The molecule has 1 aliphatic rings. The van der Waals surface area contributed by atoms with Gasteiger partial charge in [-0.1, -0.05) is 6.58 Å². The van der Waals surface area contributed by atoms with Gasteiger partial charge >= 0.3 is 6.18 Å². The lowest BCUT2D eigenvalue weighted by atomic mass is 10.1. The second kappa shape index (κ2) is 8.82. The summed E-state index contributed by atoms with van der Waals surface area (Å²) in [6, 6.07) is 7.75. The van der Waals surface area contributed by atoms with Crippen molar-refractivity contribution in [3.05, 3.63) is 65.1 Å². The molecule has 1 aromatic heterocycles. The van der Waals surface area contributed by atoms with Gasteiger partial charge in [-0.3, -0.25) is 14.4 Å². The molecule has 0 saturated heterocycles. The molecule has 0 fully saturated rings. The molecule has 0 radical (unpaired) electrons. The van der Waals surface area contributed by atoms with Gasteiger partial charge in [0.2, 0.25) is 5.91 Å². The molecule has 0 spiro atoms. The summed E-state index contributed by atoms with van der Waals surface area (Å²) in [5.41, 5.74) is -0.600. The fraction of sp³-hybridized carbons (Fsp3) is 0.174. The molecular formula is C23H19F3N4O3S. The Bertz CT molecular complexity index is 1330. The molecule has 7 nitrogen and oxygen atoms in total. The Kier molecular flexibility index (Phi) is 6.05. The number of hydrogen-bond donors (Lipinski definition) is 4. The van der Waals surface area contributed by atoms with Crippen molar-refractivity contribution in [1.82, 2.24) is 5.32 Å². The molecule has 0 saturated carbocycles. The summed E-state index contributed by atoms with van der Waals surface area (Å²) in [5.74, 6) is -1.57. The molecule has 2 aromatic carbocycles. The van der Waals surface area contributed by atoms with E-state index < -0.39 is 29.2 Å². The van der Waals surface area contributed by atoms with Crippen LogP contribution in [0.2, 0.25) is 0 Å². The van der Waals surface area contributed by atoms with E-state index in [9.17, 15) is 27.6 Å². The van der Waals surface area contributed by atoms with Gasteiger partial charge < -0.3 is 21.3 Å². The highest BCUT2D eigenvalue weighted by Gasteiger charge is 2.34. The van der Waals surface area contributed by atoms with Crippen LogP contribution in [0.3, 0.4) is 0 Å². The van der Waals surface area contributed by atoms with Crippen LogP contribution in [0.25, 0.3) is 10.1 Å². The molecule has 1 atom stereocenters. The minimum absolute atomic E-state index is 0.0629. The molecule has 2 heterocycles. The summed E-state index contributed by atoms with van der Waals surface area (Å²) < 4.78 is 40.7. The third-order valence-corrected chi connectivity index (χ3v) is 6.31. The van der Waals surface area contributed by atoms with Crippen LogP contribution in [-0.2, 0) is 11.0 Å². The van der Waals surface area contributed by atoms with Gasteiger partial charge in [-0.15, -0.1) is 11.3 Å². The van der Waals surface area contributed by atoms with Gasteiger partial charge in [-0.25, -0.2) is 0 Å². The van der Waals surface area contributed by atoms with Crippen LogP contribution in [0.4, 0.5) is 30.2 Å². The molecule has 1 aliphatic heterocycles. The summed E-state index contributed by atoms with van der Waals surface area (Å²) in [6.07, 6.45) is -3.86. The van der Waals surface area contributed by atoms with E-state index in [0.29, 0.717) is 22.5 Å². The summed E-state index contributed by atoms with van der Waals surface area (Å²) in [5, 5.41) is 11.5. The number of anilines is 3. The number of thiophene rings is 1. The topological polar surface area (TPSA) is 99.3 Å². The minimum Gasteiger partial charge on any atom is -0.381 e. The molecule has 1 unspecified atom stereocenters. The van der Waals surface area contributed by atoms with Gasteiger partial charge in [0.1, 0.15) is 4.88 Å². The van der Waals surface area contributed by atoms with Gasteiger partial charge in [0.25, 0.3) is 11.8 Å². The molecule has 4 rings (SSSR count). The van der Waals surface area contributed by atoms with Crippen molar-refractivity contribution in [3.8, 4) is 0 Å². The van der Waals surface area contributed by atoms with Gasteiger partial charge in [0.05, 0.1) is 16.9 Å². The maximum atomic E-state index is 13.3. The van der Waals surface area contributed by atoms with Crippen molar-refractivity contribution in [3.63, 3.8) is 0 Å². The van der Waals surface area contributed by atoms with Crippen molar-refractivity contribution in [2.75, 3.05) is 22.5 Å². The van der Waals surface area contributed by atoms with E-state index in [1.807, 2.05) is 6.92 Å². The lowest BCUT2D eigenvalue weighted by Crippen LogP contribution is -2.34. The average molecular weight is 488 g/mol. The molecule has 176 valence electrons. The largest absolute Gasteiger partial charge is 0.418 e. The zero-order valence-corrected chi connectivity index (χ0v) is 18.6. The molecule has 0 aliphatic carbocycles. The third kappa shape index (κ3) is 4.60. The minimum atomic E-state index is -4.70. The maximum Gasteiger partial charge on any atom is 0.418 e. The maximum absolute atomic E-state index is 13.3. The molecule has 3 amide bonds. The lowest BCUT2D eigenvalue weighted by molar-refractivity contribution is -0.136. The van der Waals surface area contributed by atoms with Crippen LogP contribution in [0.15, 0.2) is 49.1 Å². The number of benzene rings is 2. The predicted octanol–water partition coefficient (Wildman–Crippen LogP) is 4.84. The monoisotopic (exact) mass is 488 g/mol. The standard InChI is InChI=1S/C23H19F3N4O3S/c1-3-18(31)30-16-9-13(5-6-15(16)23(24,25)26)29-21(32)12-4-7-17-14(8-12)19-20(34-17)22(33)28-11(2)10-27-19/h3-9,11,27H,1,10H2,2H3,(H,28,33)(H,29,32)(H,30,31). The number of carbonyl (C=O) groups is 3. The lowest BCUT2D eigenvalue weighted by Gasteiger charge is -2.15. The number of carbonyl (C=O) groups excluding carboxylic acids is 3. The first-order valence-corrected chi connectivity index (χ1v) is 11.0. The molecular weight excluding hydrogens is 469 g/mol. The van der Waals surface area contributed by atoms with E-state index in [1.54, 1.807) is 18.2 Å². The fourth-order valence-electron chi connectivity index (χ4n) is 3.53. The Morgan fingerprint density at radius 3 is 2.65 bits per heavy atom. The predicted molar refractivity (Wildman–Crippen MR) is 125 cm³/mol. The van der Waals surface area contributed by atoms with Crippen molar-refractivity contribution in [2.45, 2.75) is 19.1 Å². The quantitative estimate of drug-likeness (QED) is 0.395. The first kappa shape index (κ1) is 23.3. The number of hydrogen-bond acceptors (Lipinski definition) is 5. The van der Waals surface area contributed by atoms with Crippen LogP contribution in [-0.4, -0.2) is 30.3 Å². The second-order valence-electron chi connectivity index (χ2n) is 7.68. The van der Waals surface area contributed by atoms with Gasteiger partial charge in [0.15, 0.2) is 0 Å². The summed E-state index contributed by atoms with van der Waals surface area (Å²) in [4.78, 5) is 37.4. The van der Waals surface area contributed by atoms with Crippen LogP contribution >= 0.6 is 11.3 Å². The Morgan fingerprint density at radius 1 is 1.18 bits per heavy atom. The third-order valence-electron chi connectivity index (χ3n) is 5.15. The van der Waals surface area contributed by atoms with Crippen LogP contribution in [0.5, 0.6) is 0 Å². The van der Waals surface area contributed by atoms with Crippen LogP contribution in [0.1, 0.15) is 32.5 Å². The van der Waals surface area contributed by atoms with Gasteiger partial charge in [-0.2, -0.15) is 13.2 Å². The van der Waals surface area contributed by atoms with Crippen molar-refractivity contribution >= 4 is 56.2 Å². The normalized spacial score (nSPS) is 15.5. The number of fused-ring (bicyclic) bond motifs is 3. The summed E-state index contributed by atoms with van der Waals surface area (Å²) in [7, 11) is 0. The zero-order valence-electron chi connectivity index (χ0n) is 17.8. The van der Waals surface area contributed by atoms with Crippen molar-refractivity contribution in [1.29, 1.82) is 0 Å².